The lowest BCUT2D eigenvalue weighted by Gasteiger charge is -2.09. The number of sulfone groups is 1. The third kappa shape index (κ3) is 3.86. The minimum atomic E-state index is -3.61. The van der Waals surface area contributed by atoms with Gasteiger partial charge in [0, 0.05) is 48.0 Å². The van der Waals surface area contributed by atoms with Crippen LogP contribution in [0.25, 0.3) is 28.2 Å². The number of Topliss-reactive ketones (excluding diaryl/α,β-unsaturated/α-hetero) is 1. The molecule has 0 radical (unpaired) electrons. The van der Waals surface area contributed by atoms with Gasteiger partial charge in [0.1, 0.15) is 0 Å². The number of carbonyl (C=O) groups is 1. The van der Waals surface area contributed by atoms with E-state index in [1.54, 1.807) is 41.3 Å². The molecule has 5 rings (SSSR count). The van der Waals surface area contributed by atoms with Gasteiger partial charge in [-0.15, -0.1) is 0 Å². The van der Waals surface area contributed by atoms with E-state index in [1.807, 2.05) is 24.3 Å². The van der Waals surface area contributed by atoms with E-state index in [2.05, 4.69) is 15.0 Å². The van der Waals surface area contributed by atoms with E-state index in [1.165, 1.54) is 0 Å². The quantitative estimate of drug-likeness (QED) is 0.430. The Morgan fingerprint density at radius 3 is 2.42 bits per heavy atom. The van der Waals surface area contributed by atoms with Crippen LogP contribution >= 0.6 is 0 Å². The molecule has 0 amide bonds. The molecule has 7 nitrogen and oxygen atoms in total. The van der Waals surface area contributed by atoms with E-state index in [4.69, 9.17) is 0 Å². The highest BCUT2D eigenvalue weighted by Gasteiger charge is 2.25. The maximum atomic E-state index is 12.4. The normalized spacial score (nSPS) is 14.1. The average Bonchev–Trinajstić information content (AvgIpc) is 3.48. The number of hydrogen-bond donors (Lipinski definition) is 0. The number of carbonyl (C=O) groups excluding carboxylic acids is 1. The Hall–Kier alpha value is -3.39. The first-order valence-electron chi connectivity index (χ1n) is 10.0. The van der Waals surface area contributed by atoms with E-state index >= 15 is 0 Å². The van der Waals surface area contributed by atoms with Gasteiger partial charge in [0.15, 0.2) is 26.3 Å². The van der Waals surface area contributed by atoms with Crippen molar-refractivity contribution >= 4 is 21.3 Å². The van der Waals surface area contributed by atoms with Crippen LogP contribution in [0.5, 0.6) is 0 Å². The molecule has 8 heteroatoms. The second-order valence-electron chi connectivity index (χ2n) is 7.92. The Morgan fingerprint density at radius 1 is 1.06 bits per heavy atom. The summed E-state index contributed by atoms with van der Waals surface area (Å²) in [4.78, 5) is 25.1. The minimum Gasteiger partial charge on any atom is -0.295 e. The van der Waals surface area contributed by atoms with Gasteiger partial charge in [0.05, 0.1) is 17.6 Å². The number of ketones is 1. The van der Waals surface area contributed by atoms with Crippen molar-refractivity contribution in [3.05, 3.63) is 66.7 Å². The number of benzene rings is 1. The second-order valence-corrected chi connectivity index (χ2v) is 9.86. The summed E-state index contributed by atoms with van der Waals surface area (Å²) in [6.07, 6.45) is 10.7. The summed E-state index contributed by atoms with van der Waals surface area (Å²) in [7, 11) is -3.61. The lowest BCUT2D eigenvalue weighted by atomic mass is 10.0. The first-order valence-corrected chi connectivity index (χ1v) is 11.9. The zero-order chi connectivity index (χ0) is 21.6. The molecule has 31 heavy (non-hydrogen) atoms. The molecule has 1 fully saturated rings. The van der Waals surface area contributed by atoms with Crippen LogP contribution in [-0.4, -0.2) is 39.8 Å². The highest BCUT2D eigenvalue weighted by atomic mass is 32.2. The summed E-state index contributed by atoms with van der Waals surface area (Å²) in [5, 5.41) is -0.0794. The topological polar surface area (TPSA) is 94.3 Å². The summed E-state index contributed by atoms with van der Waals surface area (Å²) in [5.41, 5.74) is 3.78. The number of hydrogen-bond acceptors (Lipinski definition) is 6. The van der Waals surface area contributed by atoms with Crippen molar-refractivity contribution in [1.29, 1.82) is 0 Å². The largest absolute Gasteiger partial charge is 0.295 e. The molecule has 0 bridgehead atoms. The van der Waals surface area contributed by atoms with Crippen LogP contribution < -0.4 is 0 Å². The minimum absolute atomic E-state index is 0.0794. The van der Waals surface area contributed by atoms with Gasteiger partial charge in [-0.1, -0.05) is 24.3 Å². The number of aromatic nitrogens is 4. The van der Waals surface area contributed by atoms with Crippen molar-refractivity contribution in [2.75, 3.05) is 6.26 Å². The molecule has 4 aromatic rings. The predicted molar refractivity (Wildman–Crippen MR) is 116 cm³/mol. The zero-order valence-electron chi connectivity index (χ0n) is 16.9. The summed E-state index contributed by atoms with van der Waals surface area (Å²) in [5.74, 6) is 0.704. The van der Waals surface area contributed by atoms with E-state index in [0.29, 0.717) is 23.6 Å². The van der Waals surface area contributed by atoms with Gasteiger partial charge in [-0.3, -0.25) is 14.2 Å². The van der Waals surface area contributed by atoms with Crippen LogP contribution in [0.1, 0.15) is 29.6 Å². The fourth-order valence-corrected chi connectivity index (χ4v) is 4.36. The maximum Gasteiger partial charge on any atom is 0.199 e. The Morgan fingerprint density at radius 2 is 1.77 bits per heavy atom. The van der Waals surface area contributed by atoms with E-state index in [0.717, 1.165) is 35.9 Å². The third-order valence-electron chi connectivity index (χ3n) is 5.46. The average molecular weight is 433 g/mol. The summed E-state index contributed by atoms with van der Waals surface area (Å²) >= 11 is 0. The van der Waals surface area contributed by atoms with Crippen molar-refractivity contribution in [1.82, 2.24) is 19.4 Å². The summed E-state index contributed by atoms with van der Waals surface area (Å²) in [6.45, 7) is 0. The van der Waals surface area contributed by atoms with Gasteiger partial charge in [-0.05, 0) is 30.9 Å². The number of pyridine rings is 1. The zero-order valence-corrected chi connectivity index (χ0v) is 17.7. The second kappa shape index (κ2) is 7.39. The summed E-state index contributed by atoms with van der Waals surface area (Å²) in [6, 6.07) is 10.9. The molecule has 1 aliphatic rings. The molecule has 1 saturated carbocycles. The maximum absolute atomic E-state index is 12.4. The Labute approximate surface area is 179 Å². The van der Waals surface area contributed by atoms with Crippen LogP contribution in [0.2, 0.25) is 0 Å². The van der Waals surface area contributed by atoms with Crippen LogP contribution in [-0.2, 0) is 9.84 Å². The molecule has 0 atom stereocenters. The molecule has 1 aliphatic carbocycles. The van der Waals surface area contributed by atoms with Crippen LogP contribution in [0.3, 0.4) is 0 Å². The van der Waals surface area contributed by atoms with Crippen molar-refractivity contribution in [2.45, 2.75) is 24.3 Å². The summed E-state index contributed by atoms with van der Waals surface area (Å²) < 4.78 is 26.6. The number of rotatable bonds is 6. The number of nitrogens with zero attached hydrogens (tertiary/aromatic N) is 4. The molecule has 3 aromatic heterocycles. The first kappa shape index (κ1) is 19.6. The van der Waals surface area contributed by atoms with Crippen LogP contribution in [0.15, 0.2) is 66.2 Å². The fourth-order valence-electron chi connectivity index (χ4n) is 3.61. The van der Waals surface area contributed by atoms with Crippen molar-refractivity contribution < 1.29 is 13.2 Å². The lowest BCUT2D eigenvalue weighted by molar-refractivity contribution is 0.0976. The highest BCUT2D eigenvalue weighted by molar-refractivity contribution is 7.90. The standard InChI is InChI=1S/C23H20N4O3S/c1-31(29,30)23-22-25-13-20(27(22)14-19(26-23)16-8-10-24-11-9-16)17-4-6-18(7-5-17)21(28)12-15-2-3-15/h4-11,13-15H,2-3,12H2,1H3. The molecule has 0 spiro atoms. The third-order valence-corrected chi connectivity index (χ3v) is 6.44. The van der Waals surface area contributed by atoms with Gasteiger partial charge < -0.3 is 0 Å². The van der Waals surface area contributed by atoms with Gasteiger partial charge in [-0.25, -0.2) is 18.4 Å². The molecule has 0 unspecified atom stereocenters. The Balaban J connectivity index is 1.62. The van der Waals surface area contributed by atoms with E-state index < -0.39 is 9.84 Å². The molecule has 3 heterocycles. The van der Waals surface area contributed by atoms with Crippen LogP contribution in [0.4, 0.5) is 0 Å². The molecular formula is C23H20N4O3S. The van der Waals surface area contributed by atoms with Gasteiger partial charge in [0.25, 0.3) is 0 Å². The van der Waals surface area contributed by atoms with Gasteiger partial charge in [-0.2, -0.15) is 0 Å². The predicted octanol–water partition coefficient (Wildman–Crippen LogP) is 3.84. The first-order chi connectivity index (χ1) is 14.9. The molecule has 0 N–H and O–H groups in total. The SMILES string of the molecule is CS(=O)(=O)c1nc(-c2ccncc2)cn2c(-c3ccc(C(=O)CC4CC4)cc3)cnc12. The number of imidazole rings is 1. The Bertz CT molecular complexity index is 1390. The van der Waals surface area contributed by atoms with Crippen molar-refractivity contribution in [2.24, 2.45) is 5.92 Å². The lowest BCUT2D eigenvalue weighted by Crippen LogP contribution is -2.06. The molecule has 156 valence electrons. The van der Waals surface area contributed by atoms with Crippen molar-refractivity contribution in [3.63, 3.8) is 0 Å². The Kier molecular flexibility index (Phi) is 4.66. The molecule has 1 aromatic carbocycles. The van der Waals surface area contributed by atoms with Crippen molar-refractivity contribution in [3.8, 4) is 22.5 Å². The highest BCUT2D eigenvalue weighted by Crippen LogP contribution is 2.34. The van der Waals surface area contributed by atoms with Gasteiger partial charge in [0.2, 0.25) is 0 Å². The van der Waals surface area contributed by atoms with Crippen LogP contribution in [0, 0.1) is 5.92 Å². The molecule has 0 aliphatic heterocycles. The monoisotopic (exact) mass is 432 g/mol. The molecule has 0 saturated heterocycles. The fraction of sp³-hybridized carbons (Fsp3) is 0.217. The van der Waals surface area contributed by atoms with E-state index in [-0.39, 0.29) is 16.5 Å². The van der Waals surface area contributed by atoms with Gasteiger partial charge >= 0.3 is 0 Å². The van der Waals surface area contributed by atoms with E-state index in [9.17, 15) is 13.2 Å². The smallest absolute Gasteiger partial charge is 0.199 e. The number of fused-ring (bicyclic) bond motifs is 1. The molecular weight excluding hydrogens is 412 g/mol.